The lowest BCUT2D eigenvalue weighted by Gasteiger charge is -2.38. The van der Waals surface area contributed by atoms with Gasteiger partial charge < -0.3 is 24.8 Å². The molecule has 0 aromatic rings. The number of ether oxygens (including phenoxy) is 1. The molecule has 3 aliphatic rings. The smallest absolute Gasteiger partial charge is 0.242 e. The minimum absolute atomic E-state index is 0.0715. The van der Waals surface area contributed by atoms with Crippen molar-refractivity contribution < 1.29 is 14.3 Å². The number of nitrogens with zero attached hydrogens (tertiary/aromatic N) is 3. The zero-order valence-electron chi connectivity index (χ0n) is 15.6. The van der Waals surface area contributed by atoms with Gasteiger partial charge in [-0.05, 0) is 32.7 Å². The van der Waals surface area contributed by atoms with Crippen molar-refractivity contribution in [2.75, 3.05) is 59.5 Å². The lowest BCUT2D eigenvalue weighted by atomic mass is 9.92. The molecule has 1 N–H and O–H groups in total. The molecule has 0 bridgehead atoms. The summed E-state index contributed by atoms with van der Waals surface area (Å²) in [6.45, 7) is 8.49. The molecule has 3 fully saturated rings. The zero-order valence-corrected chi connectivity index (χ0v) is 15.6. The second kappa shape index (κ2) is 8.47. The van der Waals surface area contributed by atoms with Gasteiger partial charge in [0.05, 0.1) is 12.7 Å². The number of rotatable bonds is 3. The fourth-order valence-corrected chi connectivity index (χ4v) is 4.00. The van der Waals surface area contributed by atoms with Gasteiger partial charge in [-0.3, -0.25) is 9.59 Å². The van der Waals surface area contributed by atoms with E-state index < -0.39 is 0 Å². The molecule has 0 aliphatic carbocycles. The Hall–Kier alpha value is -1.18. The summed E-state index contributed by atoms with van der Waals surface area (Å²) in [6, 6.07) is -0.225. The summed E-state index contributed by atoms with van der Waals surface area (Å²) in [4.78, 5) is 31.4. The molecule has 25 heavy (non-hydrogen) atoms. The average molecular weight is 352 g/mol. The fourth-order valence-electron chi connectivity index (χ4n) is 4.00. The maximum atomic E-state index is 12.7. The molecule has 0 radical (unpaired) electrons. The Morgan fingerprint density at radius 1 is 1.04 bits per heavy atom. The summed E-state index contributed by atoms with van der Waals surface area (Å²) < 4.78 is 5.59. The molecule has 3 rings (SSSR count). The minimum atomic E-state index is -0.225. The molecule has 3 saturated heterocycles. The van der Waals surface area contributed by atoms with E-state index in [1.165, 1.54) is 0 Å². The minimum Gasteiger partial charge on any atom is -0.375 e. The monoisotopic (exact) mass is 352 g/mol. The molecule has 7 nitrogen and oxygen atoms in total. The highest BCUT2D eigenvalue weighted by Crippen LogP contribution is 2.23. The van der Waals surface area contributed by atoms with Crippen LogP contribution in [-0.2, 0) is 14.3 Å². The average Bonchev–Trinajstić information content (AvgIpc) is 2.63. The SMILES string of the molecule is C[C@H]1OCCN[C@@H]1C(=O)N1CCC(CC(=O)N2CCN(C)CC2)CC1. The number of carbonyl (C=O) groups is 2. The molecule has 0 aromatic heterocycles. The highest BCUT2D eigenvalue weighted by atomic mass is 16.5. The second-order valence-corrected chi connectivity index (χ2v) is 7.66. The third kappa shape index (κ3) is 4.71. The number of piperidine rings is 1. The van der Waals surface area contributed by atoms with E-state index in [9.17, 15) is 9.59 Å². The van der Waals surface area contributed by atoms with Gasteiger partial charge in [0.1, 0.15) is 6.04 Å². The van der Waals surface area contributed by atoms with Crippen LogP contribution in [0.5, 0.6) is 0 Å². The molecule has 3 heterocycles. The van der Waals surface area contributed by atoms with E-state index in [1.54, 1.807) is 0 Å². The Bertz CT molecular complexity index is 471. The van der Waals surface area contributed by atoms with Crippen LogP contribution in [0.3, 0.4) is 0 Å². The number of likely N-dealkylation sites (N-methyl/N-ethyl adjacent to an activating group) is 1. The number of likely N-dealkylation sites (tertiary alicyclic amines) is 1. The van der Waals surface area contributed by atoms with E-state index in [4.69, 9.17) is 4.74 Å². The Balaban J connectivity index is 1.42. The summed E-state index contributed by atoms with van der Waals surface area (Å²) in [5.41, 5.74) is 0. The van der Waals surface area contributed by atoms with Gasteiger partial charge in [0.15, 0.2) is 0 Å². The van der Waals surface area contributed by atoms with Crippen LogP contribution in [0, 0.1) is 5.92 Å². The first-order chi connectivity index (χ1) is 12.0. The largest absolute Gasteiger partial charge is 0.375 e. The van der Waals surface area contributed by atoms with E-state index in [1.807, 2.05) is 16.7 Å². The zero-order chi connectivity index (χ0) is 17.8. The number of carbonyl (C=O) groups excluding carboxylic acids is 2. The van der Waals surface area contributed by atoms with Crippen LogP contribution in [0.4, 0.5) is 0 Å². The number of hydrogen-bond acceptors (Lipinski definition) is 5. The maximum absolute atomic E-state index is 12.7. The summed E-state index contributed by atoms with van der Waals surface area (Å²) >= 11 is 0. The summed E-state index contributed by atoms with van der Waals surface area (Å²) in [5, 5.41) is 3.27. The first-order valence-corrected chi connectivity index (χ1v) is 9.64. The van der Waals surface area contributed by atoms with Gasteiger partial charge in [-0.25, -0.2) is 0 Å². The molecule has 0 unspecified atom stereocenters. The second-order valence-electron chi connectivity index (χ2n) is 7.66. The number of morpholine rings is 1. The summed E-state index contributed by atoms with van der Waals surface area (Å²) in [6.07, 6.45) is 2.41. The van der Waals surface area contributed by atoms with Crippen LogP contribution in [-0.4, -0.2) is 98.1 Å². The van der Waals surface area contributed by atoms with Crippen molar-refractivity contribution in [3.63, 3.8) is 0 Å². The molecule has 2 atom stereocenters. The Morgan fingerprint density at radius 2 is 1.72 bits per heavy atom. The van der Waals surface area contributed by atoms with Crippen LogP contribution in [0.25, 0.3) is 0 Å². The van der Waals surface area contributed by atoms with Gasteiger partial charge in [-0.2, -0.15) is 0 Å². The van der Waals surface area contributed by atoms with Crippen molar-refractivity contribution >= 4 is 11.8 Å². The van der Waals surface area contributed by atoms with E-state index in [2.05, 4.69) is 17.3 Å². The van der Waals surface area contributed by atoms with Gasteiger partial charge >= 0.3 is 0 Å². The van der Waals surface area contributed by atoms with Gasteiger partial charge in [0.2, 0.25) is 11.8 Å². The van der Waals surface area contributed by atoms with E-state index in [-0.39, 0.29) is 24.0 Å². The van der Waals surface area contributed by atoms with Crippen molar-refractivity contribution in [2.45, 2.75) is 38.3 Å². The first kappa shape index (κ1) is 18.6. The van der Waals surface area contributed by atoms with Crippen LogP contribution >= 0.6 is 0 Å². The number of amides is 2. The lowest BCUT2D eigenvalue weighted by molar-refractivity contribution is -0.141. The molecule has 142 valence electrons. The van der Waals surface area contributed by atoms with E-state index in [0.29, 0.717) is 18.9 Å². The highest BCUT2D eigenvalue weighted by Gasteiger charge is 2.34. The molecule has 7 heteroatoms. The van der Waals surface area contributed by atoms with Crippen molar-refractivity contribution in [2.24, 2.45) is 5.92 Å². The molecule has 0 aromatic carbocycles. The van der Waals surface area contributed by atoms with Gasteiger partial charge in [-0.1, -0.05) is 0 Å². The van der Waals surface area contributed by atoms with Crippen LogP contribution in [0.1, 0.15) is 26.2 Å². The van der Waals surface area contributed by atoms with Crippen LogP contribution in [0.15, 0.2) is 0 Å². The predicted octanol–water partition coefficient (Wildman–Crippen LogP) is -0.234. The molecule has 3 aliphatic heterocycles. The third-order valence-electron chi connectivity index (χ3n) is 5.83. The Kier molecular flexibility index (Phi) is 6.30. The van der Waals surface area contributed by atoms with E-state index >= 15 is 0 Å². The third-order valence-corrected chi connectivity index (χ3v) is 5.83. The fraction of sp³-hybridized carbons (Fsp3) is 0.889. The van der Waals surface area contributed by atoms with Crippen LogP contribution in [0.2, 0.25) is 0 Å². The summed E-state index contributed by atoms with van der Waals surface area (Å²) in [7, 11) is 2.10. The number of hydrogen-bond donors (Lipinski definition) is 1. The topological polar surface area (TPSA) is 65.1 Å². The van der Waals surface area contributed by atoms with Gasteiger partial charge in [-0.15, -0.1) is 0 Å². The lowest BCUT2D eigenvalue weighted by Crippen LogP contribution is -2.57. The predicted molar refractivity (Wildman–Crippen MR) is 95.2 cm³/mol. The Labute approximate surface area is 150 Å². The quantitative estimate of drug-likeness (QED) is 0.760. The van der Waals surface area contributed by atoms with Crippen molar-refractivity contribution in [1.29, 1.82) is 0 Å². The standard InChI is InChI=1S/C18H32N4O3/c1-14-17(19-5-12-25-14)18(24)22-6-3-15(4-7-22)13-16(23)21-10-8-20(2)9-11-21/h14-15,17,19H,3-13H2,1-2H3/t14-,17+/m1/s1. The molecular weight excluding hydrogens is 320 g/mol. The molecule has 0 saturated carbocycles. The van der Waals surface area contributed by atoms with Gasteiger partial charge in [0.25, 0.3) is 0 Å². The van der Waals surface area contributed by atoms with Crippen molar-refractivity contribution in [3.05, 3.63) is 0 Å². The molecular formula is C18H32N4O3. The van der Waals surface area contributed by atoms with E-state index in [0.717, 1.165) is 58.7 Å². The number of piperazine rings is 1. The molecule has 2 amide bonds. The van der Waals surface area contributed by atoms with Crippen molar-refractivity contribution in [1.82, 2.24) is 20.0 Å². The molecule has 0 spiro atoms. The Morgan fingerprint density at radius 3 is 2.36 bits per heavy atom. The van der Waals surface area contributed by atoms with Crippen LogP contribution < -0.4 is 5.32 Å². The highest BCUT2D eigenvalue weighted by molar-refractivity contribution is 5.83. The first-order valence-electron chi connectivity index (χ1n) is 9.64. The summed E-state index contributed by atoms with van der Waals surface area (Å²) in [5.74, 6) is 0.842. The maximum Gasteiger partial charge on any atom is 0.242 e. The van der Waals surface area contributed by atoms with Crippen molar-refractivity contribution in [3.8, 4) is 0 Å². The number of nitrogens with one attached hydrogen (secondary N) is 1. The van der Waals surface area contributed by atoms with Gasteiger partial charge in [0, 0.05) is 52.2 Å². The normalized spacial score (nSPS) is 29.7.